The first-order valence-electron chi connectivity index (χ1n) is 13.0. The first-order valence-corrected chi connectivity index (χ1v) is 13.4. The molecule has 38 heavy (non-hydrogen) atoms. The van der Waals surface area contributed by atoms with E-state index in [1.807, 2.05) is 24.3 Å². The molecule has 0 radical (unpaired) electrons. The smallest absolute Gasteiger partial charge is 0.213 e. The van der Waals surface area contributed by atoms with Gasteiger partial charge in [-0.1, -0.05) is 55.6 Å². The summed E-state index contributed by atoms with van der Waals surface area (Å²) >= 11 is 5.94. The fourth-order valence-electron chi connectivity index (χ4n) is 6.28. The van der Waals surface area contributed by atoms with Crippen LogP contribution in [0.15, 0.2) is 54.7 Å². The van der Waals surface area contributed by atoms with Crippen molar-refractivity contribution in [1.29, 1.82) is 5.26 Å². The number of rotatable bonds is 8. The Balaban J connectivity index is 1.45. The molecule has 4 aromatic rings. The lowest BCUT2D eigenvalue weighted by atomic mass is 9.75. The summed E-state index contributed by atoms with van der Waals surface area (Å²) in [5, 5.41) is 35.1. The molecule has 0 aliphatic carbocycles. The predicted molar refractivity (Wildman–Crippen MR) is 144 cm³/mol. The van der Waals surface area contributed by atoms with Gasteiger partial charge < -0.3 is 19.7 Å². The summed E-state index contributed by atoms with van der Waals surface area (Å²) in [4.78, 5) is 4.21. The van der Waals surface area contributed by atoms with Gasteiger partial charge in [-0.15, -0.1) is 0 Å². The quantitative estimate of drug-likeness (QED) is 0.259. The number of aromatic nitrogens is 2. The predicted octanol–water partition coefficient (Wildman–Crippen LogP) is 6.84. The number of aromatic hydroxyl groups is 2. The molecule has 0 amide bonds. The van der Waals surface area contributed by atoms with E-state index in [1.165, 1.54) is 10.8 Å². The Morgan fingerprint density at radius 2 is 1.74 bits per heavy atom. The number of hydrogen-bond acceptors (Lipinski definition) is 6. The normalized spacial score (nSPS) is 21.5. The Bertz CT molecular complexity index is 1580. The lowest BCUT2D eigenvalue weighted by Gasteiger charge is -2.27. The summed E-state index contributed by atoms with van der Waals surface area (Å²) in [6.07, 6.45) is 6.18. The lowest BCUT2D eigenvalue weighted by molar-refractivity contribution is -0.102. The van der Waals surface area contributed by atoms with Crippen molar-refractivity contribution < 1.29 is 19.7 Å². The Hall–Kier alpha value is -3.73. The zero-order chi connectivity index (χ0) is 26.5. The van der Waals surface area contributed by atoms with E-state index in [0.29, 0.717) is 52.7 Å². The summed E-state index contributed by atoms with van der Waals surface area (Å²) < 4.78 is 14.2. The average molecular weight is 530 g/mol. The SMILES string of the molecule is CCCCC12CCC(CCOc3ccc(Cl)cn3)(O1)c1c2c(O)n(-c2ccc(C#N)c3ccccc23)c1O. The Labute approximate surface area is 225 Å². The van der Waals surface area contributed by atoms with Gasteiger partial charge in [0.25, 0.3) is 0 Å². The molecule has 1 fully saturated rings. The van der Waals surface area contributed by atoms with Crippen LogP contribution >= 0.6 is 11.6 Å². The molecule has 0 saturated carbocycles. The van der Waals surface area contributed by atoms with Crippen LogP contribution in [0.1, 0.15) is 62.1 Å². The average Bonchev–Trinajstić information content (AvgIpc) is 3.54. The van der Waals surface area contributed by atoms with E-state index in [-0.39, 0.29) is 11.8 Å². The van der Waals surface area contributed by atoms with Crippen molar-refractivity contribution in [3.05, 3.63) is 76.4 Å². The van der Waals surface area contributed by atoms with Gasteiger partial charge in [0.15, 0.2) is 0 Å². The molecule has 2 aliphatic heterocycles. The molecule has 2 aromatic carbocycles. The van der Waals surface area contributed by atoms with Gasteiger partial charge >= 0.3 is 0 Å². The highest BCUT2D eigenvalue weighted by molar-refractivity contribution is 6.30. The second-order valence-corrected chi connectivity index (χ2v) is 10.6. The van der Waals surface area contributed by atoms with Crippen molar-refractivity contribution in [2.24, 2.45) is 0 Å². The summed E-state index contributed by atoms with van der Waals surface area (Å²) in [6, 6.07) is 16.7. The molecule has 0 spiro atoms. The monoisotopic (exact) mass is 529 g/mol. The molecule has 2 atom stereocenters. The van der Waals surface area contributed by atoms with Gasteiger partial charge in [0, 0.05) is 29.5 Å². The van der Waals surface area contributed by atoms with E-state index in [2.05, 4.69) is 18.0 Å². The van der Waals surface area contributed by atoms with Crippen molar-refractivity contribution in [3.8, 4) is 29.4 Å². The highest BCUT2D eigenvalue weighted by Crippen LogP contribution is 2.67. The molecule has 6 rings (SSSR count). The molecule has 8 heteroatoms. The molecule has 2 aromatic heterocycles. The minimum absolute atomic E-state index is 0.00896. The summed E-state index contributed by atoms with van der Waals surface area (Å²) in [7, 11) is 0. The number of nitriles is 1. The summed E-state index contributed by atoms with van der Waals surface area (Å²) in [5.41, 5.74) is 1.01. The van der Waals surface area contributed by atoms with Gasteiger partial charge in [0.2, 0.25) is 17.6 Å². The van der Waals surface area contributed by atoms with Crippen LogP contribution < -0.4 is 4.74 Å². The number of pyridine rings is 1. The van der Waals surface area contributed by atoms with Crippen molar-refractivity contribution in [2.45, 2.75) is 56.7 Å². The lowest BCUT2D eigenvalue weighted by Crippen LogP contribution is -2.26. The van der Waals surface area contributed by atoms with Crippen LogP contribution in [0.25, 0.3) is 16.5 Å². The number of benzene rings is 2. The maximum atomic E-state index is 11.7. The zero-order valence-electron chi connectivity index (χ0n) is 21.1. The van der Waals surface area contributed by atoms with E-state index in [0.717, 1.165) is 36.5 Å². The molecule has 7 nitrogen and oxygen atoms in total. The minimum atomic E-state index is -0.787. The van der Waals surface area contributed by atoms with Crippen molar-refractivity contribution in [2.75, 3.05) is 6.61 Å². The first-order chi connectivity index (χ1) is 18.4. The van der Waals surface area contributed by atoms with Gasteiger partial charge in [-0.05, 0) is 37.5 Å². The number of fused-ring (bicyclic) bond motifs is 6. The molecule has 194 valence electrons. The Kier molecular flexibility index (Phi) is 5.97. The van der Waals surface area contributed by atoms with E-state index >= 15 is 0 Å². The molecular formula is C30H28ClN3O4. The van der Waals surface area contributed by atoms with Crippen LogP contribution in [0.5, 0.6) is 17.6 Å². The Morgan fingerprint density at radius 3 is 2.39 bits per heavy atom. The first kappa shape index (κ1) is 24.6. The third-order valence-electron chi connectivity index (χ3n) is 8.01. The third-order valence-corrected chi connectivity index (χ3v) is 8.23. The van der Waals surface area contributed by atoms with E-state index in [1.54, 1.807) is 24.3 Å². The number of ether oxygens (including phenoxy) is 2. The molecular weight excluding hydrogens is 502 g/mol. The Morgan fingerprint density at radius 1 is 1.03 bits per heavy atom. The van der Waals surface area contributed by atoms with E-state index in [4.69, 9.17) is 21.1 Å². The minimum Gasteiger partial charge on any atom is -0.494 e. The van der Waals surface area contributed by atoms with E-state index < -0.39 is 11.2 Å². The molecule has 1 saturated heterocycles. The van der Waals surface area contributed by atoms with Crippen LogP contribution in [-0.2, 0) is 15.9 Å². The van der Waals surface area contributed by atoms with Crippen LogP contribution in [0, 0.1) is 11.3 Å². The summed E-state index contributed by atoms with van der Waals surface area (Å²) in [5.74, 6) is 0.424. The molecule has 2 unspecified atom stereocenters. The third kappa shape index (κ3) is 3.63. The molecule has 4 heterocycles. The van der Waals surface area contributed by atoms with Crippen molar-refractivity contribution in [1.82, 2.24) is 9.55 Å². The van der Waals surface area contributed by atoms with Crippen molar-refractivity contribution >= 4 is 22.4 Å². The van der Waals surface area contributed by atoms with Gasteiger partial charge in [-0.2, -0.15) is 5.26 Å². The fourth-order valence-corrected chi connectivity index (χ4v) is 6.39. The van der Waals surface area contributed by atoms with Crippen LogP contribution in [0.4, 0.5) is 0 Å². The second kappa shape index (κ2) is 9.23. The maximum Gasteiger partial charge on any atom is 0.213 e. The van der Waals surface area contributed by atoms with Gasteiger partial charge in [0.05, 0.1) is 40.1 Å². The standard InChI is InChI=1S/C30H28ClN3O4/c1-2-3-12-29-13-14-30(38-29,15-16-37-24-11-9-20(31)18-33-24)26-25(29)27(35)34(28(26)36)23-10-8-19(17-32)21-6-4-5-7-22(21)23/h4-11,18,35-36H,2-3,12-16H2,1H3. The number of nitrogens with zero attached hydrogens (tertiary/aromatic N) is 3. The van der Waals surface area contributed by atoms with Gasteiger partial charge in [-0.25, -0.2) is 4.98 Å². The number of unbranched alkanes of at least 4 members (excludes halogenated alkanes) is 1. The van der Waals surface area contributed by atoms with Crippen LogP contribution in [-0.4, -0.2) is 26.4 Å². The summed E-state index contributed by atoms with van der Waals surface area (Å²) in [6.45, 7) is 2.45. The molecule has 2 bridgehead atoms. The van der Waals surface area contributed by atoms with E-state index in [9.17, 15) is 15.5 Å². The number of halogens is 1. The van der Waals surface area contributed by atoms with Crippen LogP contribution in [0.2, 0.25) is 5.02 Å². The van der Waals surface area contributed by atoms with Gasteiger partial charge in [0.1, 0.15) is 11.2 Å². The van der Waals surface area contributed by atoms with Crippen molar-refractivity contribution in [3.63, 3.8) is 0 Å². The molecule has 2 aliphatic rings. The largest absolute Gasteiger partial charge is 0.494 e. The topological polar surface area (TPSA) is 101 Å². The number of hydrogen-bond donors (Lipinski definition) is 2. The maximum absolute atomic E-state index is 11.7. The molecule has 2 N–H and O–H groups in total. The van der Waals surface area contributed by atoms with Gasteiger partial charge in [-0.3, -0.25) is 4.57 Å². The fraction of sp³-hybridized carbons (Fsp3) is 0.333. The van der Waals surface area contributed by atoms with Crippen LogP contribution in [0.3, 0.4) is 0 Å². The zero-order valence-corrected chi connectivity index (χ0v) is 21.8. The highest BCUT2D eigenvalue weighted by Gasteiger charge is 2.63. The highest BCUT2D eigenvalue weighted by atomic mass is 35.5. The second-order valence-electron chi connectivity index (χ2n) is 10.1.